The van der Waals surface area contributed by atoms with Crippen molar-refractivity contribution in [3.8, 4) is 0 Å². The number of nitrogens with two attached hydrogens (primary N) is 1. The van der Waals surface area contributed by atoms with Gasteiger partial charge in [0.2, 0.25) is 0 Å². The number of carbonyl (C=O) groups is 1. The number of amides is 2. The molecule has 1 aliphatic rings. The summed E-state index contributed by atoms with van der Waals surface area (Å²) in [4.78, 5) is 11.8. The summed E-state index contributed by atoms with van der Waals surface area (Å²) < 4.78 is 0. The quantitative estimate of drug-likeness (QED) is 0.735. The van der Waals surface area contributed by atoms with E-state index >= 15 is 0 Å². The molecule has 2 rings (SSSR count). The molecule has 4 heteroatoms. The van der Waals surface area contributed by atoms with Gasteiger partial charge in [0.15, 0.2) is 0 Å². The minimum absolute atomic E-state index is 0.153. The van der Waals surface area contributed by atoms with Crippen molar-refractivity contribution in [1.29, 1.82) is 0 Å². The maximum absolute atomic E-state index is 11.8. The van der Waals surface area contributed by atoms with Crippen molar-refractivity contribution in [2.45, 2.75) is 39.0 Å². The van der Waals surface area contributed by atoms with Crippen molar-refractivity contribution in [1.82, 2.24) is 5.32 Å². The Morgan fingerprint density at radius 1 is 1.30 bits per heavy atom. The highest BCUT2D eigenvalue weighted by atomic mass is 16.2. The number of benzene rings is 1. The van der Waals surface area contributed by atoms with E-state index in [0.717, 1.165) is 30.5 Å². The van der Waals surface area contributed by atoms with Gasteiger partial charge in [-0.1, -0.05) is 38.7 Å². The van der Waals surface area contributed by atoms with E-state index in [1.807, 2.05) is 12.1 Å². The van der Waals surface area contributed by atoms with E-state index in [1.54, 1.807) is 12.1 Å². The second-order valence-electron chi connectivity index (χ2n) is 5.92. The fraction of sp³-hybridized carbons (Fsp3) is 0.562. The van der Waals surface area contributed by atoms with Gasteiger partial charge in [-0.05, 0) is 36.5 Å². The number of carbonyl (C=O) groups excluding carboxylic acids is 1. The van der Waals surface area contributed by atoms with Crippen molar-refractivity contribution < 1.29 is 4.79 Å². The maximum Gasteiger partial charge on any atom is 0.319 e. The molecule has 1 fully saturated rings. The molecule has 2 amide bonds. The second-order valence-corrected chi connectivity index (χ2v) is 5.92. The monoisotopic (exact) mass is 275 g/mol. The third-order valence-electron chi connectivity index (χ3n) is 4.12. The lowest BCUT2D eigenvalue weighted by Crippen LogP contribution is -2.31. The Kier molecular flexibility index (Phi) is 5.27. The summed E-state index contributed by atoms with van der Waals surface area (Å²) in [5.74, 6) is 1.66. The highest BCUT2D eigenvalue weighted by Crippen LogP contribution is 2.29. The van der Waals surface area contributed by atoms with Gasteiger partial charge < -0.3 is 16.4 Å². The fourth-order valence-electron chi connectivity index (χ4n) is 2.80. The molecule has 110 valence electrons. The molecule has 0 spiro atoms. The van der Waals surface area contributed by atoms with Gasteiger partial charge in [-0.2, -0.15) is 0 Å². The molecule has 0 heterocycles. The molecular formula is C16H25N3O. The van der Waals surface area contributed by atoms with E-state index in [1.165, 1.54) is 25.7 Å². The summed E-state index contributed by atoms with van der Waals surface area (Å²) in [6.45, 7) is 3.07. The minimum Gasteiger partial charge on any atom is -0.399 e. The van der Waals surface area contributed by atoms with E-state index in [-0.39, 0.29) is 6.03 Å². The van der Waals surface area contributed by atoms with Gasteiger partial charge in [-0.15, -0.1) is 0 Å². The molecule has 1 saturated carbocycles. The van der Waals surface area contributed by atoms with Crippen LogP contribution in [0.4, 0.5) is 16.2 Å². The molecule has 0 unspecified atom stereocenters. The van der Waals surface area contributed by atoms with Crippen LogP contribution < -0.4 is 16.4 Å². The van der Waals surface area contributed by atoms with Crippen LogP contribution in [0.15, 0.2) is 24.3 Å². The van der Waals surface area contributed by atoms with Crippen LogP contribution in [0.2, 0.25) is 0 Å². The van der Waals surface area contributed by atoms with Crippen LogP contribution in [0.5, 0.6) is 0 Å². The zero-order valence-electron chi connectivity index (χ0n) is 12.2. The lowest BCUT2D eigenvalue weighted by Gasteiger charge is -2.26. The molecule has 20 heavy (non-hydrogen) atoms. The molecule has 0 atom stereocenters. The SMILES string of the molecule is CC1CCC(CCNC(=O)Nc2cccc(N)c2)CC1. The van der Waals surface area contributed by atoms with Gasteiger partial charge in [0.25, 0.3) is 0 Å². The van der Waals surface area contributed by atoms with E-state index in [2.05, 4.69) is 17.6 Å². The van der Waals surface area contributed by atoms with Gasteiger partial charge >= 0.3 is 6.03 Å². The van der Waals surface area contributed by atoms with E-state index in [9.17, 15) is 4.79 Å². The van der Waals surface area contributed by atoms with Crippen LogP contribution in [-0.2, 0) is 0 Å². The lowest BCUT2D eigenvalue weighted by atomic mass is 9.81. The second kappa shape index (κ2) is 7.17. The van der Waals surface area contributed by atoms with Crippen molar-refractivity contribution >= 4 is 17.4 Å². The number of anilines is 2. The Balaban J connectivity index is 1.65. The maximum atomic E-state index is 11.8. The number of nitrogen functional groups attached to an aromatic ring is 1. The molecule has 1 aliphatic carbocycles. The third-order valence-corrected chi connectivity index (χ3v) is 4.12. The normalized spacial score (nSPS) is 22.2. The average molecular weight is 275 g/mol. The number of hydrogen-bond donors (Lipinski definition) is 3. The van der Waals surface area contributed by atoms with Crippen molar-refractivity contribution in [2.75, 3.05) is 17.6 Å². The summed E-state index contributed by atoms with van der Waals surface area (Å²) in [6, 6.07) is 7.06. The standard InChI is InChI=1S/C16H25N3O/c1-12-5-7-13(8-6-12)9-10-18-16(20)19-15-4-2-3-14(17)11-15/h2-4,11-13H,5-10,17H2,1H3,(H2,18,19,20). The molecule has 0 saturated heterocycles. The fourth-order valence-corrected chi connectivity index (χ4v) is 2.80. The Morgan fingerprint density at radius 2 is 2.05 bits per heavy atom. The Hall–Kier alpha value is -1.71. The highest BCUT2D eigenvalue weighted by Gasteiger charge is 2.17. The van der Waals surface area contributed by atoms with Crippen molar-refractivity contribution in [3.05, 3.63) is 24.3 Å². The van der Waals surface area contributed by atoms with Crippen LogP contribution in [0.25, 0.3) is 0 Å². The minimum atomic E-state index is -0.153. The van der Waals surface area contributed by atoms with E-state index in [0.29, 0.717) is 5.69 Å². The van der Waals surface area contributed by atoms with Gasteiger partial charge in [0.05, 0.1) is 0 Å². The summed E-state index contributed by atoms with van der Waals surface area (Å²) in [6.07, 6.45) is 6.36. The molecule has 0 radical (unpaired) electrons. The third kappa shape index (κ3) is 4.76. The Morgan fingerprint density at radius 3 is 2.75 bits per heavy atom. The van der Waals surface area contributed by atoms with Crippen LogP contribution in [0, 0.1) is 11.8 Å². The van der Waals surface area contributed by atoms with Gasteiger partial charge in [0.1, 0.15) is 0 Å². The summed E-state index contributed by atoms with van der Waals surface area (Å²) >= 11 is 0. The lowest BCUT2D eigenvalue weighted by molar-refractivity contribution is 0.247. The number of nitrogens with one attached hydrogen (secondary N) is 2. The average Bonchev–Trinajstić information content (AvgIpc) is 2.41. The summed E-state index contributed by atoms with van der Waals surface area (Å²) in [5, 5.41) is 5.72. The summed E-state index contributed by atoms with van der Waals surface area (Å²) in [5.41, 5.74) is 7.05. The van der Waals surface area contributed by atoms with Crippen LogP contribution in [0.3, 0.4) is 0 Å². The number of hydrogen-bond acceptors (Lipinski definition) is 2. The van der Waals surface area contributed by atoms with E-state index < -0.39 is 0 Å². The topological polar surface area (TPSA) is 67.2 Å². The molecule has 0 aliphatic heterocycles. The predicted octanol–water partition coefficient (Wildman–Crippen LogP) is 3.61. The molecule has 0 bridgehead atoms. The van der Waals surface area contributed by atoms with Gasteiger partial charge in [-0.25, -0.2) is 4.79 Å². The zero-order valence-corrected chi connectivity index (χ0v) is 12.2. The predicted molar refractivity (Wildman–Crippen MR) is 83.6 cm³/mol. The molecule has 4 nitrogen and oxygen atoms in total. The molecule has 0 aromatic heterocycles. The molecular weight excluding hydrogens is 250 g/mol. The number of urea groups is 1. The first-order chi connectivity index (χ1) is 9.63. The first kappa shape index (κ1) is 14.7. The zero-order chi connectivity index (χ0) is 14.4. The van der Waals surface area contributed by atoms with Crippen molar-refractivity contribution in [3.63, 3.8) is 0 Å². The first-order valence-corrected chi connectivity index (χ1v) is 7.54. The Labute approximate surface area is 121 Å². The van der Waals surface area contributed by atoms with Gasteiger partial charge in [0, 0.05) is 17.9 Å². The molecule has 1 aromatic carbocycles. The van der Waals surface area contributed by atoms with Crippen LogP contribution in [-0.4, -0.2) is 12.6 Å². The largest absolute Gasteiger partial charge is 0.399 e. The molecule has 4 N–H and O–H groups in total. The van der Waals surface area contributed by atoms with Crippen molar-refractivity contribution in [2.24, 2.45) is 11.8 Å². The highest BCUT2D eigenvalue weighted by molar-refractivity contribution is 5.89. The molecule has 1 aromatic rings. The number of rotatable bonds is 4. The van der Waals surface area contributed by atoms with Crippen LogP contribution in [0.1, 0.15) is 39.0 Å². The smallest absolute Gasteiger partial charge is 0.319 e. The first-order valence-electron chi connectivity index (χ1n) is 7.54. The van der Waals surface area contributed by atoms with Gasteiger partial charge in [-0.3, -0.25) is 0 Å². The van der Waals surface area contributed by atoms with Crippen LogP contribution >= 0.6 is 0 Å². The Bertz CT molecular complexity index is 439. The van der Waals surface area contributed by atoms with E-state index in [4.69, 9.17) is 5.73 Å². The summed E-state index contributed by atoms with van der Waals surface area (Å²) in [7, 11) is 0.